The lowest BCUT2D eigenvalue weighted by Gasteiger charge is -2.41. The normalized spacial score (nSPS) is 17.6. The minimum absolute atomic E-state index is 0.00377. The van der Waals surface area contributed by atoms with E-state index in [1.54, 1.807) is 6.92 Å². The molecule has 0 aromatic heterocycles. The van der Waals surface area contributed by atoms with Gasteiger partial charge in [0.25, 0.3) is 0 Å². The number of carbonyl (C=O) groups is 1. The van der Waals surface area contributed by atoms with Crippen molar-refractivity contribution in [2.75, 3.05) is 23.3 Å². The predicted octanol–water partition coefficient (Wildman–Crippen LogP) is 2.29. The van der Waals surface area contributed by atoms with Crippen LogP contribution < -0.4 is 10.2 Å². The number of hydrogen-bond donors (Lipinski definition) is 1. The fraction of sp³-hybridized carbons (Fsp3) is 0.462. The summed E-state index contributed by atoms with van der Waals surface area (Å²) in [4.78, 5) is 13.4. The summed E-state index contributed by atoms with van der Waals surface area (Å²) in [6.45, 7) is 7.27. The van der Waals surface area contributed by atoms with E-state index in [2.05, 4.69) is 36.2 Å². The van der Waals surface area contributed by atoms with Crippen molar-refractivity contribution >= 4 is 17.2 Å². The minimum Gasteiger partial charge on any atom is -0.377 e. The number of carbonyl (C=O) groups excluding carboxylic acids is 1. The molecule has 1 aliphatic rings. The number of anilines is 2. The molecule has 0 spiro atoms. The topological polar surface area (TPSA) is 32.3 Å². The largest absolute Gasteiger partial charge is 0.377 e. The molecular formula is C13H18N2O. The first-order chi connectivity index (χ1) is 7.48. The van der Waals surface area contributed by atoms with Gasteiger partial charge in [-0.25, -0.2) is 0 Å². The first-order valence-corrected chi connectivity index (χ1v) is 5.59. The molecule has 86 valence electrons. The van der Waals surface area contributed by atoms with E-state index < -0.39 is 0 Å². The number of rotatable bonds is 2. The number of ketones is 1. The predicted molar refractivity (Wildman–Crippen MR) is 67.0 cm³/mol. The van der Waals surface area contributed by atoms with Gasteiger partial charge in [-0.05, 0) is 32.9 Å². The van der Waals surface area contributed by atoms with E-state index >= 15 is 0 Å². The van der Waals surface area contributed by atoms with E-state index in [0.29, 0.717) is 6.54 Å². The molecule has 0 radical (unpaired) electrons. The van der Waals surface area contributed by atoms with E-state index in [-0.39, 0.29) is 11.3 Å². The molecule has 2 rings (SSSR count). The molecular weight excluding hydrogens is 200 g/mol. The molecule has 0 bridgehead atoms. The fourth-order valence-electron chi connectivity index (χ4n) is 2.23. The monoisotopic (exact) mass is 218 g/mol. The van der Waals surface area contributed by atoms with Crippen LogP contribution in [0.3, 0.4) is 0 Å². The average molecular weight is 218 g/mol. The van der Waals surface area contributed by atoms with Gasteiger partial charge in [0.1, 0.15) is 5.78 Å². The lowest BCUT2D eigenvalue weighted by Crippen LogP contribution is -2.49. The molecule has 0 fully saturated rings. The smallest absolute Gasteiger partial charge is 0.149 e. The Labute approximate surface area is 96.5 Å². The molecule has 1 aromatic rings. The van der Waals surface area contributed by atoms with Crippen LogP contribution in [0, 0.1) is 0 Å². The number of nitrogens with zero attached hydrogens (tertiary/aromatic N) is 1. The third-order valence-corrected chi connectivity index (χ3v) is 2.72. The number of benzene rings is 1. The highest BCUT2D eigenvalue weighted by atomic mass is 16.1. The van der Waals surface area contributed by atoms with Gasteiger partial charge < -0.3 is 10.2 Å². The molecule has 1 aliphatic heterocycles. The van der Waals surface area contributed by atoms with Crippen molar-refractivity contribution < 1.29 is 4.79 Å². The fourth-order valence-corrected chi connectivity index (χ4v) is 2.23. The van der Waals surface area contributed by atoms with Crippen molar-refractivity contribution in [1.82, 2.24) is 0 Å². The highest BCUT2D eigenvalue weighted by Gasteiger charge is 2.29. The SMILES string of the molecule is CC(=O)CN1CC(C)(C)Nc2ccccc21. The number of hydrogen-bond acceptors (Lipinski definition) is 3. The molecule has 0 saturated heterocycles. The Morgan fingerprint density at radius 2 is 2.12 bits per heavy atom. The molecule has 0 atom stereocenters. The van der Waals surface area contributed by atoms with Crippen LogP contribution in [0.4, 0.5) is 11.4 Å². The molecule has 0 amide bonds. The van der Waals surface area contributed by atoms with Crippen LogP contribution >= 0.6 is 0 Å². The standard InChI is InChI=1S/C13H18N2O/c1-10(16)8-15-9-13(2,3)14-11-6-4-5-7-12(11)15/h4-7,14H,8-9H2,1-3H3. The van der Waals surface area contributed by atoms with E-state index in [1.807, 2.05) is 12.1 Å². The number of fused-ring (bicyclic) bond motifs is 1. The lowest BCUT2D eigenvalue weighted by molar-refractivity contribution is -0.115. The summed E-state index contributed by atoms with van der Waals surface area (Å²) in [6, 6.07) is 8.13. The Bertz CT molecular complexity index is 412. The number of para-hydroxylation sites is 2. The van der Waals surface area contributed by atoms with Gasteiger partial charge in [0.05, 0.1) is 17.9 Å². The molecule has 0 unspecified atom stereocenters. The van der Waals surface area contributed by atoms with Crippen molar-refractivity contribution in [3.63, 3.8) is 0 Å². The minimum atomic E-state index is 0.00377. The summed E-state index contributed by atoms with van der Waals surface area (Å²) in [6.07, 6.45) is 0. The zero-order chi connectivity index (χ0) is 11.8. The Kier molecular flexibility index (Phi) is 2.62. The van der Waals surface area contributed by atoms with Crippen LogP contribution in [0.2, 0.25) is 0 Å². The van der Waals surface area contributed by atoms with Crippen LogP contribution in [-0.4, -0.2) is 24.4 Å². The van der Waals surface area contributed by atoms with Crippen LogP contribution in [0.15, 0.2) is 24.3 Å². The zero-order valence-corrected chi connectivity index (χ0v) is 10.1. The van der Waals surface area contributed by atoms with Crippen LogP contribution in [0.25, 0.3) is 0 Å². The Hall–Kier alpha value is -1.51. The van der Waals surface area contributed by atoms with Crippen molar-refractivity contribution in [2.24, 2.45) is 0 Å². The summed E-state index contributed by atoms with van der Waals surface area (Å²) >= 11 is 0. The van der Waals surface area contributed by atoms with E-state index in [0.717, 1.165) is 17.9 Å². The van der Waals surface area contributed by atoms with Crippen LogP contribution in [-0.2, 0) is 4.79 Å². The van der Waals surface area contributed by atoms with Gasteiger partial charge in [-0.3, -0.25) is 4.79 Å². The molecule has 0 saturated carbocycles. The second-order valence-corrected chi connectivity index (χ2v) is 5.08. The molecule has 3 nitrogen and oxygen atoms in total. The highest BCUT2D eigenvalue weighted by molar-refractivity contribution is 5.84. The lowest BCUT2D eigenvalue weighted by atomic mass is 9.99. The van der Waals surface area contributed by atoms with E-state index in [4.69, 9.17) is 0 Å². The van der Waals surface area contributed by atoms with Gasteiger partial charge in [-0.15, -0.1) is 0 Å². The second kappa shape index (κ2) is 3.81. The molecule has 3 heteroatoms. The van der Waals surface area contributed by atoms with Gasteiger partial charge in [0.2, 0.25) is 0 Å². The maximum atomic E-state index is 11.3. The highest BCUT2D eigenvalue weighted by Crippen LogP contribution is 2.33. The molecule has 1 aromatic carbocycles. The summed E-state index contributed by atoms with van der Waals surface area (Å²) in [5.41, 5.74) is 2.24. The maximum absolute atomic E-state index is 11.3. The summed E-state index contributed by atoms with van der Waals surface area (Å²) in [7, 11) is 0. The first-order valence-electron chi connectivity index (χ1n) is 5.59. The van der Waals surface area contributed by atoms with Gasteiger partial charge in [0.15, 0.2) is 0 Å². The number of nitrogens with one attached hydrogen (secondary N) is 1. The third kappa shape index (κ3) is 2.18. The van der Waals surface area contributed by atoms with Crippen LogP contribution in [0.1, 0.15) is 20.8 Å². The second-order valence-electron chi connectivity index (χ2n) is 5.08. The summed E-state index contributed by atoms with van der Waals surface area (Å²) < 4.78 is 0. The molecule has 1 N–H and O–H groups in total. The van der Waals surface area contributed by atoms with Gasteiger partial charge >= 0.3 is 0 Å². The van der Waals surface area contributed by atoms with Crippen molar-refractivity contribution in [3.05, 3.63) is 24.3 Å². The van der Waals surface area contributed by atoms with Crippen LogP contribution in [0.5, 0.6) is 0 Å². The Balaban J connectivity index is 2.35. The van der Waals surface area contributed by atoms with Gasteiger partial charge in [-0.2, -0.15) is 0 Å². The van der Waals surface area contributed by atoms with Gasteiger partial charge in [-0.1, -0.05) is 12.1 Å². The molecule has 0 aliphatic carbocycles. The quantitative estimate of drug-likeness (QED) is 0.826. The maximum Gasteiger partial charge on any atom is 0.149 e. The summed E-state index contributed by atoms with van der Waals surface area (Å²) in [5, 5.41) is 3.49. The average Bonchev–Trinajstić information content (AvgIpc) is 2.14. The molecule has 1 heterocycles. The van der Waals surface area contributed by atoms with Gasteiger partial charge in [0, 0.05) is 12.1 Å². The van der Waals surface area contributed by atoms with E-state index in [9.17, 15) is 4.79 Å². The molecule has 16 heavy (non-hydrogen) atoms. The van der Waals surface area contributed by atoms with Crippen molar-refractivity contribution in [1.29, 1.82) is 0 Å². The van der Waals surface area contributed by atoms with Crippen molar-refractivity contribution in [2.45, 2.75) is 26.3 Å². The zero-order valence-electron chi connectivity index (χ0n) is 10.1. The summed E-state index contributed by atoms with van der Waals surface area (Å²) in [5.74, 6) is 0.201. The third-order valence-electron chi connectivity index (χ3n) is 2.72. The Morgan fingerprint density at radius 1 is 1.44 bits per heavy atom. The van der Waals surface area contributed by atoms with Crippen molar-refractivity contribution in [3.8, 4) is 0 Å². The van der Waals surface area contributed by atoms with E-state index in [1.165, 1.54) is 0 Å². The number of Topliss-reactive ketones (excluding diaryl/α,β-unsaturated/α-hetero) is 1. The Morgan fingerprint density at radius 3 is 2.81 bits per heavy atom. The first kappa shape index (κ1) is 11.0.